The summed E-state index contributed by atoms with van der Waals surface area (Å²) in [5, 5.41) is 0. The standard InChI is InChI=1S/C12H25NO.CH4/c1-9(2)11-6-7-13(10(3)4)8-12(11)14-5;/h9-12H,6-8H2,1-5H3;1H4/t11-,12-;/m0./s1. The van der Waals surface area contributed by atoms with Crippen LogP contribution in [0.4, 0.5) is 0 Å². The van der Waals surface area contributed by atoms with Gasteiger partial charge in [0.05, 0.1) is 6.10 Å². The highest BCUT2D eigenvalue weighted by molar-refractivity contribution is 4.84. The molecular formula is C13H29NO. The predicted molar refractivity (Wildman–Crippen MR) is 67.2 cm³/mol. The summed E-state index contributed by atoms with van der Waals surface area (Å²) in [4.78, 5) is 2.52. The smallest absolute Gasteiger partial charge is 0.0729 e. The van der Waals surface area contributed by atoms with Crippen LogP contribution in [0.1, 0.15) is 41.5 Å². The number of ether oxygens (including phenoxy) is 1. The van der Waals surface area contributed by atoms with Gasteiger partial charge in [0.2, 0.25) is 0 Å². The van der Waals surface area contributed by atoms with Crippen molar-refractivity contribution in [2.75, 3.05) is 20.2 Å². The van der Waals surface area contributed by atoms with Crippen molar-refractivity contribution in [1.29, 1.82) is 0 Å². The largest absolute Gasteiger partial charge is 0.380 e. The van der Waals surface area contributed by atoms with Crippen molar-refractivity contribution in [2.24, 2.45) is 11.8 Å². The van der Waals surface area contributed by atoms with Crippen molar-refractivity contribution < 1.29 is 4.74 Å². The van der Waals surface area contributed by atoms with Gasteiger partial charge in [-0.2, -0.15) is 0 Å². The predicted octanol–water partition coefficient (Wildman–Crippen LogP) is 3.02. The minimum Gasteiger partial charge on any atom is -0.380 e. The summed E-state index contributed by atoms with van der Waals surface area (Å²) in [5.41, 5.74) is 0. The summed E-state index contributed by atoms with van der Waals surface area (Å²) in [6.07, 6.45) is 1.72. The number of methoxy groups -OCH3 is 1. The van der Waals surface area contributed by atoms with Crippen LogP contribution in [0.15, 0.2) is 0 Å². The van der Waals surface area contributed by atoms with Crippen molar-refractivity contribution in [3.8, 4) is 0 Å². The van der Waals surface area contributed by atoms with Gasteiger partial charge in [0, 0.05) is 19.7 Å². The quantitative estimate of drug-likeness (QED) is 0.717. The van der Waals surface area contributed by atoms with E-state index >= 15 is 0 Å². The average Bonchev–Trinajstić information content (AvgIpc) is 2.16. The Morgan fingerprint density at radius 2 is 1.80 bits per heavy atom. The van der Waals surface area contributed by atoms with Gasteiger partial charge < -0.3 is 4.74 Å². The fourth-order valence-electron chi connectivity index (χ4n) is 2.44. The maximum atomic E-state index is 5.60. The van der Waals surface area contributed by atoms with E-state index < -0.39 is 0 Å². The summed E-state index contributed by atoms with van der Waals surface area (Å²) in [7, 11) is 1.85. The van der Waals surface area contributed by atoms with E-state index in [-0.39, 0.29) is 7.43 Å². The lowest BCUT2D eigenvalue weighted by Gasteiger charge is -2.41. The van der Waals surface area contributed by atoms with Crippen molar-refractivity contribution in [2.45, 2.75) is 53.7 Å². The van der Waals surface area contributed by atoms with Gasteiger partial charge in [0.15, 0.2) is 0 Å². The van der Waals surface area contributed by atoms with Crippen molar-refractivity contribution in [1.82, 2.24) is 4.90 Å². The molecule has 2 heteroatoms. The van der Waals surface area contributed by atoms with Gasteiger partial charge in [0.25, 0.3) is 0 Å². The third-order valence-corrected chi connectivity index (χ3v) is 3.53. The Morgan fingerprint density at radius 3 is 2.20 bits per heavy atom. The number of piperidine rings is 1. The maximum absolute atomic E-state index is 5.60. The van der Waals surface area contributed by atoms with Crippen LogP contribution >= 0.6 is 0 Å². The molecule has 1 aliphatic heterocycles. The highest BCUT2D eigenvalue weighted by Crippen LogP contribution is 2.27. The van der Waals surface area contributed by atoms with E-state index in [0.29, 0.717) is 12.1 Å². The molecular weight excluding hydrogens is 186 g/mol. The van der Waals surface area contributed by atoms with E-state index in [1.807, 2.05) is 7.11 Å². The summed E-state index contributed by atoms with van der Waals surface area (Å²) in [6, 6.07) is 0.653. The molecule has 0 aromatic rings. The Hall–Kier alpha value is -0.0800. The first kappa shape index (κ1) is 14.9. The van der Waals surface area contributed by atoms with E-state index in [1.54, 1.807) is 0 Å². The van der Waals surface area contributed by atoms with Gasteiger partial charge in [-0.3, -0.25) is 4.90 Å². The van der Waals surface area contributed by atoms with Crippen molar-refractivity contribution in [3.63, 3.8) is 0 Å². The molecule has 1 heterocycles. The third-order valence-electron chi connectivity index (χ3n) is 3.53. The van der Waals surface area contributed by atoms with E-state index in [0.717, 1.165) is 18.4 Å². The van der Waals surface area contributed by atoms with Crippen LogP contribution in [0.2, 0.25) is 0 Å². The van der Waals surface area contributed by atoms with Crippen molar-refractivity contribution in [3.05, 3.63) is 0 Å². The molecule has 0 aromatic carbocycles. The summed E-state index contributed by atoms with van der Waals surface area (Å²) in [5.74, 6) is 1.49. The third kappa shape index (κ3) is 3.76. The number of rotatable bonds is 3. The lowest BCUT2D eigenvalue weighted by Crippen LogP contribution is -2.48. The molecule has 1 aliphatic rings. The second-order valence-electron chi connectivity index (χ2n) is 5.06. The van der Waals surface area contributed by atoms with Gasteiger partial charge in [-0.1, -0.05) is 21.3 Å². The van der Waals surface area contributed by atoms with E-state index in [2.05, 4.69) is 32.6 Å². The zero-order valence-corrected chi connectivity index (χ0v) is 10.3. The molecule has 0 saturated carbocycles. The van der Waals surface area contributed by atoms with Crippen LogP contribution in [0.5, 0.6) is 0 Å². The average molecular weight is 215 g/mol. The van der Waals surface area contributed by atoms with Gasteiger partial charge in [-0.15, -0.1) is 0 Å². The number of likely N-dealkylation sites (tertiary alicyclic amines) is 1. The maximum Gasteiger partial charge on any atom is 0.0729 e. The summed E-state index contributed by atoms with van der Waals surface area (Å²) < 4.78 is 5.60. The topological polar surface area (TPSA) is 12.5 Å². The molecule has 0 unspecified atom stereocenters. The molecule has 0 radical (unpaired) electrons. The molecule has 0 aromatic heterocycles. The highest BCUT2D eigenvalue weighted by Gasteiger charge is 2.31. The Balaban J connectivity index is 0.00000196. The van der Waals surface area contributed by atoms with Crippen LogP contribution in [0.3, 0.4) is 0 Å². The first-order chi connectivity index (χ1) is 6.56. The second kappa shape index (κ2) is 6.49. The summed E-state index contributed by atoms with van der Waals surface area (Å²) >= 11 is 0. The number of hydrogen-bond donors (Lipinski definition) is 0. The first-order valence-corrected chi connectivity index (χ1v) is 5.83. The molecule has 0 amide bonds. The zero-order valence-electron chi connectivity index (χ0n) is 10.3. The Morgan fingerprint density at radius 1 is 1.20 bits per heavy atom. The zero-order chi connectivity index (χ0) is 10.7. The normalized spacial score (nSPS) is 28.2. The van der Waals surface area contributed by atoms with Gasteiger partial charge in [-0.05, 0) is 38.6 Å². The monoisotopic (exact) mass is 215 g/mol. The van der Waals surface area contributed by atoms with E-state index in [4.69, 9.17) is 4.74 Å². The Kier molecular flexibility index (Phi) is 6.46. The molecule has 1 fully saturated rings. The molecule has 1 rings (SSSR count). The molecule has 0 aliphatic carbocycles. The SMILES string of the molecule is C.CO[C@H]1CN(C(C)C)CC[C@H]1C(C)C. The second-order valence-corrected chi connectivity index (χ2v) is 5.06. The minimum atomic E-state index is 0. The highest BCUT2D eigenvalue weighted by atomic mass is 16.5. The lowest BCUT2D eigenvalue weighted by atomic mass is 9.84. The fraction of sp³-hybridized carbons (Fsp3) is 1.00. The van der Waals surface area contributed by atoms with Gasteiger partial charge in [-0.25, -0.2) is 0 Å². The number of nitrogens with zero attached hydrogens (tertiary/aromatic N) is 1. The van der Waals surface area contributed by atoms with Crippen LogP contribution in [-0.2, 0) is 4.74 Å². The van der Waals surface area contributed by atoms with E-state index in [1.165, 1.54) is 13.0 Å². The molecule has 1 saturated heterocycles. The fourth-order valence-corrected chi connectivity index (χ4v) is 2.44. The molecule has 2 atom stereocenters. The molecule has 2 nitrogen and oxygen atoms in total. The molecule has 92 valence electrons. The Bertz CT molecular complexity index is 168. The van der Waals surface area contributed by atoms with Crippen LogP contribution in [0.25, 0.3) is 0 Å². The summed E-state index contributed by atoms with van der Waals surface area (Å²) in [6.45, 7) is 11.5. The molecule has 0 N–H and O–H groups in total. The van der Waals surface area contributed by atoms with Crippen LogP contribution in [-0.4, -0.2) is 37.2 Å². The first-order valence-electron chi connectivity index (χ1n) is 5.83. The molecule has 0 spiro atoms. The Labute approximate surface area is 96.0 Å². The number of hydrogen-bond acceptors (Lipinski definition) is 2. The van der Waals surface area contributed by atoms with Gasteiger partial charge >= 0.3 is 0 Å². The van der Waals surface area contributed by atoms with Crippen LogP contribution < -0.4 is 0 Å². The minimum absolute atomic E-state index is 0. The van der Waals surface area contributed by atoms with Crippen molar-refractivity contribution >= 4 is 0 Å². The van der Waals surface area contributed by atoms with Crippen LogP contribution in [0, 0.1) is 11.8 Å². The molecule has 0 bridgehead atoms. The van der Waals surface area contributed by atoms with Gasteiger partial charge in [0.1, 0.15) is 0 Å². The lowest BCUT2D eigenvalue weighted by molar-refractivity contribution is -0.0352. The van der Waals surface area contributed by atoms with E-state index in [9.17, 15) is 0 Å². The molecule has 15 heavy (non-hydrogen) atoms.